The molecule has 0 unspecified atom stereocenters. The van der Waals surface area contributed by atoms with Crippen molar-refractivity contribution in [2.75, 3.05) is 5.75 Å². The van der Waals surface area contributed by atoms with Crippen molar-refractivity contribution < 1.29 is 9.05 Å². The molecule has 0 heterocycles. The van der Waals surface area contributed by atoms with E-state index in [9.17, 15) is 0 Å². The van der Waals surface area contributed by atoms with Crippen LogP contribution in [0.25, 0.3) is 0 Å². The van der Waals surface area contributed by atoms with Gasteiger partial charge in [0, 0.05) is 5.75 Å². The maximum atomic E-state index is 6.50. The monoisotopic (exact) mass is 526 g/mol. The molecule has 0 saturated heterocycles. The van der Waals surface area contributed by atoms with E-state index in [-0.39, 0.29) is 0 Å². The van der Waals surface area contributed by atoms with Gasteiger partial charge >= 0.3 is 5.69 Å². The molecule has 3 aromatic rings. The van der Waals surface area contributed by atoms with Gasteiger partial charge in [0.25, 0.3) is 0 Å². The molecule has 5 heteroatoms. The largest absolute Gasteiger partial charge is 0.428 e. The Balaban J connectivity index is 1.73. The SMILES string of the molecule is CCCCCc1cccc(OP(=S)(Oc2cccc(CCCCC)c2)SCCc2ccccc2)c1. The van der Waals surface area contributed by atoms with Gasteiger partial charge in [0.05, 0.1) is 0 Å². The molecule has 0 bridgehead atoms. The van der Waals surface area contributed by atoms with Crippen LogP contribution in [0.5, 0.6) is 11.5 Å². The van der Waals surface area contributed by atoms with Crippen LogP contribution in [0.3, 0.4) is 0 Å². The van der Waals surface area contributed by atoms with Crippen LogP contribution in [-0.4, -0.2) is 5.75 Å². The highest BCUT2D eigenvalue weighted by Gasteiger charge is 2.24. The minimum absolute atomic E-state index is 0.814. The summed E-state index contributed by atoms with van der Waals surface area (Å²) in [6.07, 6.45) is 10.4. The summed E-state index contributed by atoms with van der Waals surface area (Å²) in [4.78, 5) is 0. The van der Waals surface area contributed by atoms with Gasteiger partial charge in [-0.3, -0.25) is 0 Å². The van der Waals surface area contributed by atoms with E-state index in [1.54, 1.807) is 11.4 Å². The zero-order chi connectivity index (χ0) is 24.8. The van der Waals surface area contributed by atoms with Gasteiger partial charge in [0.15, 0.2) is 0 Å². The second-order valence-electron chi connectivity index (χ2n) is 8.91. The lowest BCUT2D eigenvalue weighted by atomic mass is 10.1. The second-order valence-corrected chi connectivity index (χ2v) is 15.2. The number of hydrogen-bond donors (Lipinski definition) is 0. The summed E-state index contributed by atoms with van der Waals surface area (Å²) in [5.74, 6) is 2.48. The highest BCUT2D eigenvalue weighted by molar-refractivity contribution is 8.68. The summed E-state index contributed by atoms with van der Waals surface area (Å²) in [6.45, 7) is 4.47. The van der Waals surface area contributed by atoms with Crippen molar-refractivity contribution in [2.45, 2.75) is 71.6 Å². The third kappa shape index (κ3) is 10.4. The van der Waals surface area contributed by atoms with Crippen molar-refractivity contribution in [1.82, 2.24) is 0 Å². The Kier molecular flexibility index (Phi) is 12.2. The van der Waals surface area contributed by atoms with Gasteiger partial charge in [0.1, 0.15) is 11.5 Å². The minimum atomic E-state index is -2.65. The summed E-state index contributed by atoms with van der Waals surface area (Å²) in [5, 5.41) is 0. The molecule has 0 aliphatic carbocycles. The predicted molar refractivity (Wildman–Crippen MR) is 157 cm³/mol. The first-order valence-corrected chi connectivity index (χ1v) is 17.2. The Morgan fingerprint density at radius 2 is 1.14 bits per heavy atom. The van der Waals surface area contributed by atoms with Crippen LogP contribution < -0.4 is 9.05 Å². The summed E-state index contributed by atoms with van der Waals surface area (Å²) in [6, 6.07) is 27.3. The third-order valence-corrected chi connectivity index (χ3v) is 10.8. The predicted octanol–water partition coefficient (Wildman–Crippen LogP) is 9.81. The van der Waals surface area contributed by atoms with Crippen LogP contribution in [0.15, 0.2) is 78.9 Å². The fourth-order valence-corrected chi connectivity index (χ4v) is 8.32. The van der Waals surface area contributed by atoms with Gasteiger partial charge in [-0.25, -0.2) is 0 Å². The van der Waals surface area contributed by atoms with E-state index >= 15 is 0 Å². The molecule has 0 aromatic heterocycles. The van der Waals surface area contributed by atoms with Gasteiger partial charge in [-0.1, -0.05) is 94.1 Å². The van der Waals surface area contributed by atoms with Crippen molar-refractivity contribution in [1.29, 1.82) is 0 Å². The fourth-order valence-electron chi connectivity index (χ4n) is 3.92. The fraction of sp³-hybridized carbons (Fsp3) is 0.400. The topological polar surface area (TPSA) is 18.5 Å². The lowest BCUT2D eigenvalue weighted by molar-refractivity contribution is 0.505. The Morgan fingerprint density at radius 1 is 0.629 bits per heavy atom. The molecule has 0 aliphatic heterocycles. The van der Waals surface area contributed by atoms with E-state index in [0.29, 0.717) is 0 Å². The average Bonchev–Trinajstić information content (AvgIpc) is 2.85. The van der Waals surface area contributed by atoms with Crippen LogP contribution in [0.1, 0.15) is 69.1 Å². The van der Waals surface area contributed by atoms with Crippen LogP contribution in [0, 0.1) is 0 Å². The first-order chi connectivity index (χ1) is 17.1. The van der Waals surface area contributed by atoms with Gasteiger partial charge in [-0.15, -0.1) is 0 Å². The van der Waals surface area contributed by atoms with Crippen molar-refractivity contribution in [2.24, 2.45) is 0 Å². The number of benzene rings is 3. The van der Waals surface area contributed by atoms with E-state index in [0.717, 1.165) is 36.5 Å². The van der Waals surface area contributed by atoms with Crippen LogP contribution in [-0.2, 0) is 31.1 Å². The molecule has 188 valence electrons. The quantitative estimate of drug-likeness (QED) is 0.136. The Labute approximate surface area is 221 Å². The van der Waals surface area contributed by atoms with Gasteiger partial charge < -0.3 is 9.05 Å². The highest BCUT2D eigenvalue weighted by Crippen LogP contribution is 2.60. The zero-order valence-electron chi connectivity index (χ0n) is 21.2. The molecule has 0 spiro atoms. The molecule has 35 heavy (non-hydrogen) atoms. The third-order valence-electron chi connectivity index (χ3n) is 5.85. The summed E-state index contributed by atoms with van der Waals surface area (Å²) >= 11 is 7.75. The highest BCUT2D eigenvalue weighted by atomic mass is 32.9. The number of rotatable bonds is 16. The zero-order valence-corrected chi connectivity index (χ0v) is 23.7. The van der Waals surface area contributed by atoms with E-state index < -0.39 is 5.69 Å². The molecule has 3 aromatic carbocycles. The molecule has 0 aliphatic rings. The van der Waals surface area contributed by atoms with Gasteiger partial charge in [-0.2, -0.15) is 0 Å². The number of aryl methyl sites for hydroxylation is 3. The summed E-state index contributed by atoms with van der Waals surface area (Å²) < 4.78 is 13.0. The van der Waals surface area contributed by atoms with Crippen LogP contribution in [0.2, 0.25) is 0 Å². The van der Waals surface area contributed by atoms with Crippen molar-refractivity contribution in [3.8, 4) is 11.5 Å². The van der Waals surface area contributed by atoms with Crippen LogP contribution >= 0.6 is 17.1 Å². The molecular formula is C30H39O2PS2. The normalized spacial score (nSPS) is 11.4. The first-order valence-electron chi connectivity index (χ1n) is 13.0. The number of hydrogen-bond acceptors (Lipinski definition) is 4. The lowest BCUT2D eigenvalue weighted by Crippen LogP contribution is -2.01. The molecule has 0 N–H and O–H groups in total. The molecular weight excluding hydrogens is 487 g/mol. The lowest BCUT2D eigenvalue weighted by Gasteiger charge is -2.23. The maximum Gasteiger partial charge on any atom is 0.348 e. The molecule has 0 saturated carbocycles. The van der Waals surface area contributed by atoms with E-state index in [4.69, 9.17) is 20.9 Å². The maximum absolute atomic E-state index is 6.50. The summed E-state index contributed by atoms with van der Waals surface area (Å²) in [5.41, 5.74) is 1.24. The molecule has 0 atom stereocenters. The Morgan fingerprint density at radius 3 is 1.66 bits per heavy atom. The Bertz CT molecular complexity index is 995. The van der Waals surface area contributed by atoms with Crippen LogP contribution in [0.4, 0.5) is 0 Å². The molecule has 2 nitrogen and oxygen atoms in total. The van der Waals surface area contributed by atoms with E-state index in [2.05, 4.69) is 74.5 Å². The van der Waals surface area contributed by atoms with E-state index in [1.165, 1.54) is 55.2 Å². The summed E-state index contributed by atoms with van der Waals surface area (Å²) in [7, 11) is 0. The van der Waals surface area contributed by atoms with Gasteiger partial charge in [0.2, 0.25) is 0 Å². The Hall–Kier alpha value is -1.74. The van der Waals surface area contributed by atoms with Crippen molar-refractivity contribution in [3.05, 3.63) is 95.6 Å². The van der Waals surface area contributed by atoms with Crippen molar-refractivity contribution >= 4 is 28.9 Å². The van der Waals surface area contributed by atoms with Crippen molar-refractivity contribution in [3.63, 3.8) is 0 Å². The molecule has 3 rings (SSSR count). The molecule has 0 radical (unpaired) electrons. The second kappa shape index (κ2) is 15.4. The molecule has 0 fully saturated rings. The standard InChI is InChI=1S/C30H39O2PS2/c1-3-5-8-16-27-18-12-20-29(24-27)31-33(34,35-23-22-26-14-10-7-11-15-26)32-30-21-13-19-28(25-30)17-9-6-4-2/h7,10-15,18-21,24-25H,3-6,8-9,16-17,22-23H2,1-2H3. The van der Waals surface area contributed by atoms with E-state index in [1.807, 2.05) is 18.2 Å². The smallest absolute Gasteiger partial charge is 0.348 e. The average molecular weight is 527 g/mol. The minimum Gasteiger partial charge on any atom is -0.428 e. The molecule has 0 amide bonds. The first kappa shape index (κ1) is 27.8. The van der Waals surface area contributed by atoms with Gasteiger partial charge in [-0.05, 0) is 96.2 Å². The number of unbranched alkanes of at least 4 members (excludes halogenated alkanes) is 4.